The monoisotopic (exact) mass is 358 g/mol. The second-order valence-electron chi connectivity index (χ2n) is 7.13. The van der Waals surface area contributed by atoms with Crippen LogP contribution in [0.5, 0.6) is 5.75 Å². The van der Waals surface area contributed by atoms with Gasteiger partial charge in [0.1, 0.15) is 5.75 Å². The Morgan fingerprint density at radius 3 is 2.73 bits per heavy atom. The smallest absolute Gasteiger partial charge is 0.122 e. The van der Waals surface area contributed by atoms with E-state index in [-0.39, 0.29) is 6.61 Å². The van der Waals surface area contributed by atoms with Crippen molar-refractivity contribution in [1.29, 1.82) is 0 Å². The second kappa shape index (κ2) is 8.66. The fourth-order valence-corrected chi connectivity index (χ4v) is 3.81. The first kappa shape index (κ1) is 18.9. The summed E-state index contributed by atoms with van der Waals surface area (Å²) in [6.45, 7) is 9.30. The Morgan fingerprint density at radius 1 is 1.19 bits per heavy atom. The predicted octanol–water partition coefficient (Wildman–Crippen LogP) is 2.10. The molecule has 1 aromatic carbocycles. The van der Waals surface area contributed by atoms with Crippen molar-refractivity contribution in [3.63, 3.8) is 0 Å². The number of ether oxygens (including phenoxy) is 1. The summed E-state index contributed by atoms with van der Waals surface area (Å²) in [6, 6.07) is 6.62. The summed E-state index contributed by atoms with van der Waals surface area (Å²) in [5, 5.41) is 16.6. The molecule has 1 aromatic heterocycles. The molecule has 1 saturated heterocycles. The van der Waals surface area contributed by atoms with E-state index in [2.05, 4.69) is 46.0 Å². The number of hydrogen-bond acceptors (Lipinski definition) is 5. The van der Waals surface area contributed by atoms with E-state index < -0.39 is 0 Å². The molecule has 0 radical (unpaired) electrons. The quantitative estimate of drug-likeness (QED) is 0.794. The minimum atomic E-state index is 0.222. The lowest BCUT2D eigenvalue weighted by atomic mass is 10.00. The van der Waals surface area contributed by atoms with Gasteiger partial charge in [-0.1, -0.05) is 6.07 Å². The van der Waals surface area contributed by atoms with E-state index in [1.807, 2.05) is 6.07 Å². The first-order valence-corrected chi connectivity index (χ1v) is 9.31. The van der Waals surface area contributed by atoms with Crippen LogP contribution in [0.4, 0.5) is 0 Å². The van der Waals surface area contributed by atoms with E-state index >= 15 is 0 Å². The van der Waals surface area contributed by atoms with Crippen LogP contribution in [0.1, 0.15) is 28.8 Å². The summed E-state index contributed by atoms with van der Waals surface area (Å²) in [6.07, 6.45) is 2.60. The fourth-order valence-electron chi connectivity index (χ4n) is 3.81. The number of rotatable bonds is 7. The summed E-state index contributed by atoms with van der Waals surface area (Å²) >= 11 is 0. The zero-order chi connectivity index (χ0) is 18.5. The molecule has 142 valence electrons. The standard InChI is InChI=1S/C20H30N4O2/c1-15-16(2)20(26-3)5-4-17(15)12-24-10-9-23(14-19(24)7-11-25)13-18-6-8-21-22-18/h4-6,8,19,25H,7,9-14H2,1-3H3,(H,21,22). The van der Waals surface area contributed by atoms with Crippen molar-refractivity contribution in [2.24, 2.45) is 0 Å². The van der Waals surface area contributed by atoms with Crippen LogP contribution in [-0.2, 0) is 13.1 Å². The molecule has 1 aliphatic rings. The molecule has 1 atom stereocenters. The highest BCUT2D eigenvalue weighted by Gasteiger charge is 2.27. The van der Waals surface area contributed by atoms with Crippen molar-refractivity contribution in [3.05, 3.63) is 46.8 Å². The van der Waals surface area contributed by atoms with E-state index in [4.69, 9.17) is 4.74 Å². The minimum Gasteiger partial charge on any atom is -0.496 e. The van der Waals surface area contributed by atoms with Gasteiger partial charge in [0.15, 0.2) is 0 Å². The predicted molar refractivity (Wildman–Crippen MR) is 102 cm³/mol. The summed E-state index contributed by atoms with van der Waals surface area (Å²) < 4.78 is 5.43. The SMILES string of the molecule is COc1ccc(CN2CCN(Cc3ccn[nH]3)CC2CCO)c(C)c1C. The number of aromatic nitrogens is 2. The van der Waals surface area contributed by atoms with Crippen molar-refractivity contribution in [3.8, 4) is 5.75 Å². The van der Waals surface area contributed by atoms with Crippen LogP contribution in [0, 0.1) is 13.8 Å². The molecule has 2 aromatic rings. The van der Waals surface area contributed by atoms with Gasteiger partial charge in [0.05, 0.1) is 7.11 Å². The van der Waals surface area contributed by atoms with Gasteiger partial charge < -0.3 is 9.84 Å². The summed E-state index contributed by atoms with van der Waals surface area (Å²) in [5.41, 5.74) is 4.99. The highest BCUT2D eigenvalue weighted by atomic mass is 16.5. The zero-order valence-corrected chi connectivity index (χ0v) is 16.0. The zero-order valence-electron chi connectivity index (χ0n) is 16.0. The van der Waals surface area contributed by atoms with Crippen molar-refractivity contribution in [2.45, 2.75) is 39.4 Å². The van der Waals surface area contributed by atoms with Crippen LogP contribution in [0.2, 0.25) is 0 Å². The van der Waals surface area contributed by atoms with Crippen LogP contribution < -0.4 is 4.74 Å². The van der Waals surface area contributed by atoms with E-state index in [1.165, 1.54) is 16.7 Å². The number of aromatic amines is 1. The van der Waals surface area contributed by atoms with Gasteiger partial charge in [-0.3, -0.25) is 14.9 Å². The molecule has 3 rings (SSSR count). The highest BCUT2D eigenvalue weighted by Crippen LogP contribution is 2.26. The van der Waals surface area contributed by atoms with Gasteiger partial charge in [-0.05, 0) is 49.1 Å². The lowest BCUT2D eigenvalue weighted by Crippen LogP contribution is -2.52. The lowest BCUT2D eigenvalue weighted by Gasteiger charge is -2.41. The molecule has 0 amide bonds. The van der Waals surface area contributed by atoms with Crippen molar-refractivity contribution < 1.29 is 9.84 Å². The molecule has 6 nitrogen and oxygen atoms in total. The maximum atomic E-state index is 9.53. The summed E-state index contributed by atoms with van der Waals surface area (Å²) in [5.74, 6) is 0.947. The molecule has 1 unspecified atom stereocenters. The maximum absolute atomic E-state index is 9.53. The third-order valence-corrected chi connectivity index (χ3v) is 5.55. The van der Waals surface area contributed by atoms with Crippen LogP contribution in [0.3, 0.4) is 0 Å². The fraction of sp³-hybridized carbons (Fsp3) is 0.550. The van der Waals surface area contributed by atoms with Crippen molar-refractivity contribution in [1.82, 2.24) is 20.0 Å². The van der Waals surface area contributed by atoms with Gasteiger partial charge in [0.25, 0.3) is 0 Å². The lowest BCUT2D eigenvalue weighted by molar-refractivity contribution is 0.0492. The number of nitrogens with one attached hydrogen (secondary N) is 1. The average molecular weight is 358 g/mol. The number of H-pyrrole nitrogens is 1. The van der Waals surface area contributed by atoms with E-state index in [9.17, 15) is 5.11 Å². The molecular formula is C20H30N4O2. The Morgan fingerprint density at radius 2 is 2.04 bits per heavy atom. The van der Waals surface area contributed by atoms with Gasteiger partial charge in [-0.2, -0.15) is 5.10 Å². The molecule has 1 fully saturated rings. The number of benzene rings is 1. The largest absolute Gasteiger partial charge is 0.496 e. The van der Waals surface area contributed by atoms with E-state index in [0.29, 0.717) is 6.04 Å². The summed E-state index contributed by atoms with van der Waals surface area (Å²) in [4.78, 5) is 4.95. The molecule has 2 N–H and O–H groups in total. The minimum absolute atomic E-state index is 0.222. The average Bonchev–Trinajstić information content (AvgIpc) is 3.14. The number of methoxy groups -OCH3 is 1. The van der Waals surface area contributed by atoms with E-state index in [1.54, 1.807) is 13.3 Å². The van der Waals surface area contributed by atoms with E-state index in [0.717, 1.165) is 50.6 Å². The molecular weight excluding hydrogens is 328 g/mol. The molecule has 6 heteroatoms. The normalized spacial score (nSPS) is 19.0. The maximum Gasteiger partial charge on any atom is 0.122 e. The summed E-state index contributed by atoms with van der Waals surface area (Å²) in [7, 11) is 1.72. The van der Waals surface area contributed by atoms with Gasteiger partial charge in [-0.15, -0.1) is 0 Å². The molecule has 26 heavy (non-hydrogen) atoms. The van der Waals surface area contributed by atoms with Crippen LogP contribution in [0.25, 0.3) is 0 Å². The molecule has 0 saturated carbocycles. The molecule has 0 bridgehead atoms. The topological polar surface area (TPSA) is 64.6 Å². The van der Waals surface area contributed by atoms with Gasteiger partial charge in [-0.25, -0.2) is 0 Å². The van der Waals surface area contributed by atoms with Crippen LogP contribution >= 0.6 is 0 Å². The third kappa shape index (κ3) is 4.26. The number of nitrogens with zero attached hydrogens (tertiary/aromatic N) is 3. The molecule has 0 spiro atoms. The first-order valence-electron chi connectivity index (χ1n) is 9.31. The Balaban J connectivity index is 1.68. The number of hydrogen-bond donors (Lipinski definition) is 2. The Labute approximate surface area is 155 Å². The molecule has 0 aliphatic carbocycles. The van der Waals surface area contributed by atoms with Crippen molar-refractivity contribution in [2.75, 3.05) is 33.4 Å². The Bertz CT molecular complexity index is 702. The first-order chi connectivity index (χ1) is 12.6. The van der Waals surface area contributed by atoms with Gasteiger partial charge in [0, 0.05) is 57.3 Å². The van der Waals surface area contributed by atoms with Gasteiger partial charge in [0.2, 0.25) is 0 Å². The number of aliphatic hydroxyl groups is 1. The molecule has 1 aliphatic heterocycles. The molecule has 2 heterocycles. The van der Waals surface area contributed by atoms with Gasteiger partial charge >= 0.3 is 0 Å². The second-order valence-corrected chi connectivity index (χ2v) is 7.13. The highest BCUT2D eigenvalue weighted by molar-refractivity contribution is 5.43. The number of piperazine rings is 1. The number of aliphatic hydroxyl groups excluding tert-OH is 1. The van der Waals surface area contributed by atoms with Crippen molar-refractivity contribution >= 4 is 0 Å². The van der Waals surface area contributed by atoms with Crippen LogP contribution in [-0.4, -0.2) is 64.5 Å². The third-order valence-electron chi connectivity index (χ3n) is 5.55. The van der Waals surface area contributed by atoms with Crippen LogP contribution in [0.15, 0.2) is 24.4 Å². The Hall–Kier alpha value is -1.89. The Kier molecular flexibility index (Phi) is 6.29.